The Kier molecular flexibility index (Phi) is 4.11. The number of aliphatic hydroxyl groups excluding tert-OH is 1. The maximum atomic E-state index is 12.4. The number of ether oxygens (including phenoxy) is 2. The third-order valence-electron chi connectivity index (χ3n) is 6.32. The fourth-order valence-electron chi connectivity index (χ4n) is 5.32. The Morgan fingerprint density at radius 2 is 1.79 bits per heavy atom. The van der Waals surface area contributed by atoms with Crippen molar-refractivity contribution in [2.45, 2.75) is 57.7 Å². The second-order valence-corrected chi connectivity index (χ2v) is 7.76. The Balaban J connectivity index is 2.01. The molecule has 5 nitrogen and oxygen atoms in total. The average Bonchev–Trinajstić information content (AvgIpc) is 3.17. The Hall–Kier alpha value is -1.62. The standard InChI is InChI=1S/C19H26O5/c1-11(2)16(21)23-15-6-5-14-13-7-8-18(9-13,10-20)19(14,15)24-17(22)12(3)4/h13-15,20H,1,3,5-10H2,2,4H3. The van der Waals surface area contributed by atoms with Gasteiger partial charge in [-0.25, -0.2) is 9.59 Å². The van der Waals surface area contributed by atoms with Gasteiger partial charge in [0.15, 0.2) is 5.60 Å². The fourth-order valence-corrected chi connectivity index (χ4v) is 5.32. The molecule has 3 fully saturated rings. The first-order valence-corrected chi connectivity index (χ1v) is 8.63. The molecule has 0 heterocycles. The van der Waals surface area contributed by atoms with Crippen LogP contribution in [0.2, 0.25) is 0 Å². The lowest BCUT2D eigenvalue weighted by molar-refractivity contribution is -0.213. The molecule has 0 aromatic rings. The van der Waals surface area contributed by atoms with Gasteiger partial charge in [-0.3, -0.25) is 0 Å². The van der Waals surface area contributed by atoms with E-state index in [4.69, 9.17) is 9.47 Å². The first kappa shape index (κ1) is 17.2. The van der Waals surface area contributed by atoms with Crippen LogP contribution in [0.15, 0.2) is 24.3 Å². The molecule has 5 unspecified atom stereocenters. The van der Waals surface area contributed by atoms with E-state index in [0.717, 1.165) is 25.7 Å². The van der Waals surface area contributed by atoms with Gasteiger partial charge >= 0.3 is 11.9 Å². The fraction of sp³-hybridized carbons (Fsp3) is 0.684. The van der Waals surface area contributed by atoms with Crippen LogP contribution in [0.1, 0.15) is 46.0 Å². The summed E-state index contributed by atoms with van der Waals surface area (Å²) in [5.74, 6) is -0.408. The molecule has 3 aliphatic rings. The van der Waals surface area contributed by atoms with Crippen molar-refractivity contribution in [3.05, 3.63) is 24.3 Å². The zero-order chi connectivity index (χ0) is 17.7. The summed E-state index contributed by atoms with van der Waals surface area (Å²) in [5.41, 5.74) is -0.827. The van der Waals surface area contributed by atoms with Gasteiger partial charge in [-0.1, -0.05) is 13.2 Å². The Labute approximate surface area is 142 Å². The number of fused-ring (bicyclic) bond motifs is 5. The zero-order valence-electron chi connectivity index (χ0n) is 14.5. The van der Waals surface area contributed by atoms with Gasteiger partial charge < -0.3 is 14.6 Å². The Bertz CT molecular complexity index is 609. The van der Waals surface area contributed by atoms with Crippen molar-refractivity contribution in [3.63, 3.8) is 0 Å². The van der Waals surface area contributed by atoms with Gasteiger partial charge in [0.25, 0.3) is 0 Å². The number of aliphatic hydroxyl groups is 1. The zero-order valence-corrected chi connectivity index (χ0v) is 14.5. The van der Waals surface area contributed by atoms with Crippen LogP contribution >= 0.6 is 0 Å². The largest absolute Gasteiger partial charge is 0.455 e. The monoisotopic (exact) mass is 334 g/mol. The number of esters is 2. The molecule has 3 rings (SSSR count). The van der Waals surface area contributed by atoms with Gasteiger partial charge in [-0.15, -0.1) is 0 Å². The lowest BCUT2D eigenvalue weighted by atomic mass is 9.67. The minimum absolute atomic E-state index is 0.0649. The average molecular weight is 334 g/mol. The topological polar surface area (TPSA) is 72.8 Å². The molecule has 1 N–H and O–H groups in total. The van der Waals surface area contributed by atoms with Crippen LogP contribution in [-0.2, 0) is 19.1 Å². The summed E-state index contributed by atoms with van der Waals surface area (Å²) < 4.78 is 11.7. The van der Waals surface area contributed by atoms with Crippen LogP contribution in [0.4, 0.5) is 0 Å². The molecule has 0 aromatic carbocycles. The second-order valence-electron chi connectivity index (χ2n) is 7.76. The third kappa shape index (κ3) is 2.17. The highest BCUT2D eigenvalue weighted by molar-refractivity contribution is 5.88. The summed E-state index contributed by atoms with van der Waals surface area (Å²) in [5, 5.41) is 10.2. The Morgan fingerprint density at radius 1 is 1.12 bits per heavy atom. The van der Waals surface area contributed by atoms with Crippen molar-refractivity contribution in [2.75, 3.05) is 6.61 Å². The van der Waals surface area contributed by atoms with Crippen LogP contribution in [0.5, 0.6) is 0 Å². The van der Waals surface area contributed by atoms with E-state index in [-0.39, 0.29) is 12.5 Å². The summed E-state index contributed by atoms with van der Waals surface area (Å²) >= 11 is 0. The van der Waals surface area contributed by atoms with Crippen LogP contribution in [-0.4, -0.2) is 35.4 Å². The van der Waals surface area contributed by atoms with Crippen LogP contribution in [0.25, 0.3) is 0 Å². The molecule has 0 aliphatic heterocycles. The molecule has 0 spiro atoms. The van der Waals surface area contributed by atoms with Gasteiger partial charge in [0.2, 0.25) is 0 Å². The number of hydrogen-bond acceptors (Lipinski definition) is 5. The third-order valence-corrected chi connectivity index (χ3v) is 6.32. The number of rotatable bonds is 5. The smallest absolute Gasteiger partial charge is 0.333 e. The molecular formula is C19H26O5. The molecule has 0 aromatic heterocycles. The Morgan fingerprint density at radius 3 is 2.38 bits per heavy atom. The summed E-state index contributed by atoms with van der Waals surface area (Å²) in [6.45, 7) is 10.5. The molecule has 0 radical (unpaired) electrons. The van der Waals surface area contributed by atoms with Gasteiger partial charge in [0.05, 0.1) is 6.61 Å². The van der Waals surface area contributed by atoms with Crippen molar-refractivity contribution in [1.82, 2.24) is 0 Å². The van der Waals surface area contributed by atoms with Crippen molar-refractivity contribution >= 4 is 11.9 Å². The van der Waals surface area contributed by atoms with Crippen molar-refractivity contribution in [3.8, 4) is 0 Å². The van der Waals surface area contributed by atoms with Crippen LogP contribution in [0.3, 0.4) is 0 Å². The number of hydrogen-bond donors (Lipinski definition) is 1. The highest BCUT2D eigenvalue weighted by atomic mass is 16.6. The molecule has 3 aliphatic carbocycles. The van der Waals surface area contributed by atoms with E-state index in [0.29, 0.717) is 23.5 Å². The SMILES string of the molecule is C=C(C)C(=O)OC1CCC2C3CCC(CO)(C3)C12OC(=O)C(=C)C. The van der Waals surface area contributed by atoms with Crippen molar-refractivity contribution < 1.29 is 24.2 Å². The van der Waals surface area contributed by atoms with E-state index < -0.39 is 29.1 Å². The van der Waals surface area contributed by atoms with Gasteiger partial charge in [-0.2, -0.15) is 0 Å². The predicted octanol–water partition coefficient (Wildman–Crippen LogP) is 2.53. The highest BCUT2D eigenvalue weighted by Gasteiger charge is 2.75. The molecule has 5 atom stereocenters. The summed E-state index contributed by atoms with van der Waals surface area (Å²) in [7, 11) is 0. The van der Waals surface area contributed by atoms with Gasteiger partial charge in [-0.05, 0) is 51.9 Å². The molecule has 5 heteroatoms. The molecule has 2 bridgehead atoms. The maximum absolute atomic E-state index is 12.4. The van der Waals surface area contributed by atoms with E-state index in [2.05, 4.69) is 13.2 Å². The molecule has 132 valence electrons. The number of carbonyl (C=O) groups excluding carboxylic acids is 2. The number of carbonyl (C=O) groups is 2. The lowest BCUT2D eigenvalue weighted by Gasteiger charge is -2.48. The minimum Gasteiger partial charge on any atom is -0.455 e. The van der Waals surface area contributed by atoms with Crippen molar-refractivity contribution in [1.29, 1.82) is 0 Å². The highest BCUT2D eigenvalue weighted by Crippen LogP contribution is 2.69. The maximum Gasteiger partial charge on any atom is 0.333 e. The first-order valence-electron chi connectivity index (χ1n) is 8.63. The van der Waals surface area contributed by atoms with E-state index >= 15 is 0 Å². The van der Waals surface area contributed by atoms with Gasteiger partial charge in [0.1, 0.15) is 6.10 Å². The summed E-state index contributed by atoms with van der Waals surface area (Å²) in [6, 6.07) is 0. The summed E-state index contributed by atoms with van der Waals surface area (Å²) in [4.78, 5) is 24.5. The molecule has 24 heavy (non-hydrogen) atoms. The first-order chi connectivity index (χ1) is 11.3. The lowest BCUT2D eigenvalue weighted by Crippen LogP contribution is -2.60. The normalized spacial score (nSPS) is 39.4. The van der Waals surface area contributed by atoms with E-state index in [1.54, 1.807) is 13.8 Å². The van der Waals surface area contributed by atoms with E-state index in [1.165, 1.54) is 0 Å². The van der Waals surface area contributed by atoms with E-state index in [1.807, 2.05) is 0 Å². The minimum atomic E-state index is -0.939. The second kappa shape index (κ2) is 5.73. The van der Waals surface area contributed by atoms with Crippen molar-refractivity contribution in [2.24, 2.45) is 17.3 Å². The molecular weight excluding hydrogens is 308 g/mol. The van der Waals surface area contributed by atoms with Gasteiger partial charge in [0, 0.05) is 22.5 Å². The molecule has 3 saturated carbocycles. The molecule has 0 saturated heterocycles. The van der Waals surface area contributed by atoms with E-state index in [9.17, 15) is 14.7 Å². The quantitative estimate of drug-likeness (QED) is 0.618. The van der Waals surface area contributed by atoms with Crippen LogP contribution in [0, 0.1) is 17.3 Å². The predicted molar refractivity (Wildman–Crippen MR) is 87.9 cm³/mol. The molecule has 0 amide bonds. The van der Waals surface area contributed by atoms with Crippen LogP contribution < -0.4 is 0 Å². The summed E-state index contributed by atoms with van der Waals surface area (Å²) in [6.07, 6.45) is 3.58.